The first-order valence-electron chi connectivity index (χ1n) is 11.0. The third kappa shape index (κ3) is 4.29. The van der Waals surface area contributed by atoms with Gasteiger partial charge in [0.25, 0.3) is 0 Å². The highest BCUT2D eigenvalue weighted by atomic mass is 19.2. The van der Waals surface area contributed by atoms with Crippen LogP contribution in [0.5, 0.6) is 0 Å². The molecule has 0 saturated carbocycles. The molecule has 36 heavy (non-hydrogen) atoms. The maximum Gasteiger partial charge on any atom is 0.194 e. The standard InChI is InChI=1S/C22H23F3N4O7/c1-33-21-15(4-11-5-17(36-27-11)22(32)8-34-9-22)35-16(7-30)20(31)19(21)29-6-14(26-28-29)10-2-12(23)18(25)13(24)3-10/h2-3,5-6,15-16,19-21,30-32H,4,7-9H2,1H3/t15-,16-,19+,20+,21+/m1/s1. The maximum atomic E-state index is 13.7. The van der Waals surface area contributed by atoms with Gasteiger partial charge in [-0.1, -0.05) is 10.4 Å². The Labute approximate surface area is 202 Å². The molecule has 11 nitrogen and oxygen atoms in total. The average Bonchev–Trinajstić information content (AvgIpc) is 3.51. The molecule has 2 aliphatic rings. The van der Waals surface area contributed by atoms with Crippen LogP contribution < -0.4 is 0 Å². The second-order valence-electron chi connectivity index (χ2n) is 8.83. The molecule has 194 valence electrons. The van der Waals surface area contributed by atoms with Crippen molar-refractivity contribution in [2.45, 2.75) is 42.5 Å². The van der Waals surface area contributed by atoms with Crippen LogP contribution in [-0.4, -0.2) is 86.8 Å². The number of nitrogens with zero attached hydrogens (tertiary/aromatic N) is 4. The van der Waals surface area contributed by atoms with E-state index in [0.717, 1.165) is 12.1 Å². The molecule has 5 atom stereocenters. The number of rotatable bonds is 7. The molecule has 3 aromatic rings. The lowest BCUT2D eigenvalue weighted by atomic mass is 9.90. The Balaban J connectivity index is 1.42. The van der Waals surface area contributed by atoms with Gasteiger partial charge in [-0.2, -0.15) is 0 Å². The summed E-state index contributed by atoms with van der Waals surface area (Å²) in [5.41, 5.74) is -0.852. The minimum Gasteiger partial charge on any atom is -0.394 e. The Kier molecular flexibility index (Phi) is 6.57. The molecule has 4 heterocycles. The minimum absolute atomic E-state index is 0.0237. The second kappa shape index (κ2) is 9.53. The quantitative estimate of drug-likeness (QED) is 0.383. The molecule has 2 saturated heterocycles. The van der Waals surface area contributed by atoms with Crippen LogP contribution in [-0.2, 0) is 26.2 Å². The molecule has 2 aromatic heterocycles. The van der Waals surface area contributed by atoms with Gasteiger partial charge in [0.15, 0.2) is 28.8 Å². The summed E-state index contributed by atoms with van der Waals surface area (Å²) in [7, 11) is 1.39. The zero-order valence-electron chi connectivity index (χ0n) is 18.9. The lowest BCUT2D eigenvalue weighted by molar-refractivity contribution is -0.212. The number of aliphatic hydroxyl groups excluding tert-OH is 2. The fourth-order valence-electron chi connectivity index (χ4n) is 4.46. The molecule has 1 aromatic carbocycles. The number of methoxy groups -OCH3 is 1. The second-order valence-corrected chi connectivity index (χ2v) is 8.83. The van der Waals surface area contributed by atoms with Crippen LogP contribution in [0.1, 0.15) is 17.5 Å². The summed E-state index contributed by atoms with van der Waals surface area (Å²) in [4.78, 5) is 0. The first kappa shape index (κ1) is 24.8. The molecule has 2 fully saturated rings. The zero-order chi connectivity index (χ0) is 25.6. The summed E-state index contributed by atoms with van der Waals surface area (Å²) in [6.07, 6.45) is -2.46. The van der Waals surface area contributed by atoms with Gasteiger partial charge in [0, 0.05) is 25.2 Å². The lowest BCUT2D eigenvalue weighted by Crippen LogP contribution is -2.57. The van der Waals surface area contributed by atoms with E-state index >= 15 is 0 Å². The Morgan fingerprint density at radius 2 is 1.89 bits per heavy atom. The SMILES string of the molecule is CO[C@@H]1[C@@H](n2cc(-c3cc(F)c(F)c(F)c3)nn2)[C@@H](O)[C@@H](CO)O[C@@H]1Cc1cc(C2(O)COC2)on1. The summed E-state index contributed by atoms with van der Waals surface area (Å²) in [5, 5.41) is 43.0. The molecular formula is C22H23F3N4O7. The molecule has 14 heteroatoms. The van der Waals surface area contributed by atoms with Gasteiger partial charge in [-0.05, 0) is 12.1 Å². The van der Waals surface area contributed by atoms with E-state index in [-0.39, 0.29) is 36.7 Å². The maximum absolute atomic E-state index is 13.7. The predicted molar refractivity (Wildman–Crippen MR) is 112 cm³/mol. The van der Waals surface area contributed by atoms with Gasteiger partial charge in [0.05, 0.1) is 37.8 Å². The van der Waals surface area contributed by atoms with E-state index < -0.39 is 60.1 Å². The third-order valence-electron chi connectivity index (χ3n) is 6.44. The van der Waals surface area contributed by atoms with Gasteiger partial charge < -0.3 is 34.1 Å². The molecule has 0 spiro atoms. The Morgan fingerprint density at radius 3 is 2.50 bits per heavy atom. The molecule has 2 aliphatic heterocycles. The third-order valence-corrected chi connectivity index (χ3v) is 6.44. The van der Waals surface area contributed by atoms with Gasteiger partial charge >= 0.3 is 0 Å². The van der Waals surface area contributed by atoms with Crippen LogP contribution in [0.25, 0.3) is 11.3 Å². The van der Waals surface area contributed by atoms with Crippen molar-refractivity contribution in [3.8, 4) is 11.3 Å². The van der Waals surface area contributed by atoms with Crippen LogP contribution in [0.15, 0.2) is 28.9 Å². The molecule has 0 unspecified atom stereocenters. The van der Waals surface area contributed by atoms with E-state index in [1.54, 1.807) is 6.07 Å². The monoisotopic (exact) mass is 512 g/mol. The van der Waals surface area contributed by atoms with Gasteiger partial charge in [-0.25, -0.2) is 17.9 Å². The first-order valence-corrected chi connectivity index (χ1v) is 11.0. The smallest absolute Gasteiger partial charge is 0.194 e. The number of hydrogen-bond acceptors (Lipinski definition) is 10. The van der Waals surface area contributed by atoms with Crippen molar-refractivity contribution in [3.05, 3.63) is 53.3 Å². The van der Waals surface area contributed by atoms with Crippen LogP contribution >= 0.6 is 0 Å². The number of halogens is 3. The predicted octanol–water partition coefficient (Wildman–Crippen LogP) is 0.488. The highest BCUT2D eigenvalue weighted by Gasteiger charge is 2.48. The average molecular weight is 512 g/mol. The van der Waals surface area contributed by atoms with Crippen LogP contribution in [0.4, 0.5) is 13.2 Å². The number of aromatic nitrogens is 4. The molecule has 5 rings (SSSR count). The van der Waals surface area contributed by atoms with Crippen molar-refractivity contribution in [2.24, 2.45) is 0 Å². The summed E-state index contributed by atoms with van der Waals surface area (Å²) in [6, 6.07) is 2.20. The Bertz CT molecular complexity index is 1210. The highest BCUT2D eigenvalue weighted by molar-refractivity contribution is 5.57. The van der Waals surface area contributed by atoms with Crippen molar-refractivity contribution in [1.29, 1.82) is 0 Å². The van der Waals surface area contributed by atoms with Gasteiger partial charge in [0.1, 0.15) is 30.0 Å². The number of aliphatic hydroxyl groups is 3. The fraction of sp³-hybridized carbons (Fsp3) is 0.500. The van der Waals surface area contributed by atoms with Crippen LogP contribution in [0.2, 0.25) is 0 Å². The van der Waals surface area contributed by atoms with Gasteiger partial charge in [-0.15, -0.1) is 5.10 Å². The largest absolute Gasteiger partial charge is 0.394 e. The molecule has 0 radical (unpaired) electrons. The van der Waals surface area contributed by atoms with Crippen LogP contribution in [0.3, 0.4) is 0 Å². The lowest BCUT2D eigenvalue weighted by Gasteiger charge is -2.43. The number of ether oxygens (including phenoxy) is 3. The summed E-state index contributed by atoms with van der Waals surface area (Å²) >= 11 is 0. The van der Waals surface area contributed by atoms with Crippen molar-refractivity contribution in [1.82, 2.24) is 20.2 Å². The number of benzene rings is 1. The van der Waals surface area contributed by atoms with Crippen LogP contribution in [0, 0.1) is 17.5 Å². The topological polar surface area (TPSA) is 145 Å². The van der Waals surface area contributed by atoms with Crippen molar-refractivity contribution in [2.75, 3.05) is 26.9 Å². The minimum atomic E-state index is -1.60. The normalized spacial score (nSPS) is 27.7. The Morgan fingerprint density at radius 1 is 1.17 bits per heavy atom. The van der Waals surface area contributed by atoms with E-state index in [9.17, 15) is 28.5 Å². The zero-order valence-corrected chi connectivity index (χ0v) is 18.9. The molecular weight excluding hydrogens is 489 g/mol. The van der Waals surface area contributed by atoms with E-state index in [4.69, 9.17) is 18.7 Å². The van der Waals surface area contributed by atoms with E-state index in [0.29, 0.717) is 5.69 Å². The van der Waals surface area contributed by atoms with Crippen molar-refractivity contribution < 1.29 is 47.2 Å². The van der Waals surface area contributed by atoms with E-state index in [2.05, 4.69) is 15.5 Å². The van der Waals surface area contributed by atoms with Crippen molar-refractivity contribution >= 4 is 0 Å². The Hall–Kier alpha value is -2.88. The summed E-state index contributed by atoms with van der Waals surface area (Å²) in [5.74, 6) is -4.13. The molecule has 3 N–H and O–H groups in total. The van der Waals surface area contributed by atoms with Crippen molar-refractivity contribution in [3.63, 3.8) is 0 Å². The van der Waals surface area contributed by atoms with E-state index in [1.165, 1.54) is 18.0 Å². The van der Waals surface area contributed by atoms with Gasteiger partial charge in [0.2, 0.25) is 0 Å². The van der Waals surface area contributed by atoms with Gasteiger partial charge in [-0.3, -0.25) is 0 Å². The molecule has 0 bridgehead atoms. The first-order chi connectivity index (χ1) is 17.2. The summed E-state index contributed by atoms with van der Waals surface area (Å²) in [6.45, 7) is -0.360. The fourth-order valence-corrected chi connectivity index (χ4v) is 4.46. The van der Waals surface area contributed by atoms with E-state index in [1.807, 2.05) is 0 Å². The molecule has 0 amide bonds. The highest BCUT2D eigenvalue weighted by Crippen LogP contribution is 2.35. The molecule has 0 aliphatic carbocycles. The number of hydrogen-bond donors (Lipinski definition) is 3. The summed E-state index contributed by atoms with van der Waals surface area (Å²) < 4.78 is 63.8.